The van der Waals surface area contributed by atoms with E-state index in [1.54, 1.807) is 6.07 Å². The number of aliphatic hydroxyl groups is 1. The zero-order chi connectivity index (χ0) is 11.1. The number of nitrogens with zero attached hydrogens (tertiary/aromatic N) is 3. The Balaban J connectivity index is 2.36. The molecule has 0 spiro atoms. The van der Waals surface area contributed by atoms with E-state index in [9.17, 15) is 0 Å². The number of aromatic nitrogens is 2. The summed E-state index contributed by atoms with van der Waals surface area (Å²) >= 11 is 5.76. The molecule has 0 aliphatic carbocycles. The van der Waals surface area contributed by atoms with E-state index < -0.39 is 0 Å². The maximum atomic E-state index is 8.63. The molecule has 1 rings (SSSR count). The van der Waals surface area contributed by atoms with Gasteiger partial charge in [0.15, 0.2) is 0 Å². The van der Waals surface area contributed by atoms with E-state index in [2.05, 4.69) is 9.97 Å². The van der Waals surface area contributed by atoms with Crippen LogP contribution in [0.4, 0.5) is 5.82 Å². The van der Waals surface area contributed by atoms with Crippen LogP contribution in [-0.4, -0.2) is 35.3 Å². The molecule has 0 saturated carbocycles. The molecule has 1 heterocycles. The molecule has 0 unspecified atom stereocenters. The Hall–Kier alpha value is -0.870. The summed E-state index contributed by atoms with van der Waals surface area (Å²) in [4.78, 5) is 9.98. The minimum absolute atomic E-state index is 0.267. The molecule has 0 aromatic carbocycles. The Labute approximate surface area is 94.9 Å². The maximum absolute atomic E-state index is 8.63. The number of aliphatic hydroxyl groups excluding tert-OH is 1. The minimum Gasteiger partial charge on any atom is -0.396 e. The predicted octanol–water partition coefficient (Wildman–Crippen LogP) is 1.73. The van der Waals surface area contributed by atoms with Gasteiger partial charge in [0.2, 0.25) is 0 Å². The number of rotatable bonds is 6. The van der Waals surface area contributed by atoms with Gasteiger partial charge in [0.1, 0.15) is 17.3 Å². The van der Waals surface area contributed by atoms with Crippen LogP contribution in [0.15, 0.2) is 12.4 Å². The molecule has 15 heavy (non-hydrogen) atoms. The number of halogens is 1. The second-order valence-corrected chi connectivity index (χ2v) is 3.79. The normalized spacial score (nSPS) is 10.3. The Morgan fingerprint density at radius 1 is 1.33 bits per heavy atom. The van der Waals surface area contributed by atoms with Crippen molar-refractivity contribution in [1.29, 1.82) is 0 Å². The fourth-order valence-corrected chi connectivity index (χ4v) is 1.43. The van der Waals surface area contributed by atoms with Crippen LogP contribution in [0.5, 0.6) is 0 Å². The Kier molecular flexibility index (Phi) is 5.36. The third-order valence-corrected chi connectivity index (χ3v) is 2.37. The summed E-state index contributed by atoms with van der Waals surface area (Å²) in [5.41, 5.74) is 0. The van der Waals surface area contributed by atoms with Crippen LogP contribution in [0.3, 0.4) is 0 Å². The standard InChI is InChI=1S/C10H16ClN3O/c1-14(5-3-2-4-6-15)10-7-9(11)12-8-13-10/h7-8,15H,2-6H2,1H3. The van der Waals surface area contributed by atoms with Gasteiger partial charge in [-0.05, 0) is 19.3 Å². The lowest BCUT2D eigenvalue weighted by molar-refractivity contribution is 0.283. The first-order chi connectivity index (χ1) is 7.24. The second-order valence-electron chi connectivity index (χ2n) is 3.40. The molecule has 0 atom stereocenters. The highest BCUT2D eigenvalue weighted by Crippen LogP contribution is 2.13. The Bertz CT molecular complexity index is 296. The van der Waals surface area contributed by atoms with E-state index in [0.29, 0.717) is 5.15 Å². The van der Waals surface area contributed by atoms with Crippen molar-refractivity contribution in [2.45, 2.75) is 19.3 Å². The average molecular weight is 230 g/mol. The highest BCUT2D eigenvalue weighted by atomic mass is 35.5. The third kappa shape index (κ3) is 4.44. The lowest BCUT2D eigenvalue weighted by Gasteiger charge is -2.17. The predicted molar refractivity (Wildman–Crippen MR) is 61.2 cm³/mol. The van der Waals surface area contributed by atoms with Crippen molar-refractivity contribution in [3.63, 3.8) is 0 Å². The topological polar surface area (TPSA) is 49.2 Å². The van der Waals surface area contributed by atoms with E-state index in [-0.39, 0.29) is 6.61 Å². The van der Waals surface area contributed by atoms with E-state index in [1.165, 1.54) is 6.33 Å². The van der Waals surface area contributed by atoms with Gasteiger partial charge in [0.25, 0.3) is 0 Å². The van der Waals surface area contributed by atoms with Crippen LogP contribution in [-0.2, 0) is 0 Å². The lowest BCUT2D eigenvalue weighted by atomic mass is 10.2. The van der Waals surface area contributed by atoms with Gasteiger partial charge in [0.05, 0.1) is 0 Å². The largest absolute Gasteiger partial charge is 0.396 e. The van der Waals surface area contributed by atoms with Crippen LogP contribution in [0, 0.1) is 0 Å². The lowest BCUT2D eigenvalue weighted by Crippen LogP contribution is -2.19. The van der Waals surface area contributed by atoms with Gasteiger partial charge in [-0.3, -0.25) is 0 Å². The fourth-order valence-electron chi connectivity index (χ4n) is 1.29. The van der Waals surface area contributed by atoms with E-state index in [4.69, 9.17) is 16.7 Å². The van der Waals surface area contributed by atoms with E-state index in [0.717, 1.165) is 31.6 Å². The summed E-state index contributed by atoms with van der Waals surface area (Å²) in [6, 6.07) is 1.74. The molecule has 4 nitrogen and oxygen atoms in total. The maximum Gasteiger partial charge on any atom is 0.134 e. The summed E-state index contributed by atoms with van der Waals surface area (Å²) in [5.74, 6) is 0.832. The van der Waals surface area contributed by atoms with E-state index >= 15 is 0 Å². The summed E-state index contributed by atoms with van der Waals surface area (Å²) in [7, 11) is 1.97. The van der Waals surface area contributed by atoms with E-state index in [1.807, 2.05) is 11.9 Å². The van der Waals surface area contributed by atoms with Crippen LogP contribution in [0.25, 0.3) is 0 Å². The van der Waals surface area contributed by atoms with Gasteiger partial charge in [0, 0.05) is 26.3 Å². The molecule has 84 valence electrons. The first-order valence-electron chi connectivity index (χ1n) is 5.03. The molecule has 1 N–H and O–H groups in total. The summed E-state index contributed by atoms with van der Waals surface area (Å²) in [6.45, 7) is 1.18. The smallest absolute Gasteiger partial charge is 0.134 e. The molecule has 1 aromatic heterocycles. The van der Waals surface area contributed by atoms with Gasteiger partial charge in [-0.25, -0.2) is 9.97 Å². The Morgan fingerprint density at radius 3 is 2.80 bits per heavy atom. The van der Waals surface area contributed by atoms with Gasteiger partial charge in [-0.1, -0.05) is 11.6 Å². The molecule has 0 radical (unpaired) electrons. The quantitative estimate of drug-likeness (QED) is 0.596. The molecule has 1 aromatic rings. The average Bonchev–Trinajstić information content (AvgIpc) is 2.24. The molecule has 0 fully saturated rings. The zero-order valence-electron chi connectivity index (χ0n) is 8.86. The number of hydrogen-bond acceptors (Lipinski definition) is 4. The van der Waals surface area contributed by atoms with Gasteiger partial charge in [-0.15, -0.1) is 0 Å². The highest BCUT2D eigenvalue weighted by molar-refractivity contribution is 6.29. The molecular formula is C10H16ClN3O. The number of anilines is 1. The van der Waals surface area contributed by atoms with Gasteiger partial charge in [-0.2, -0.15) is 0 Å². The first-order valence-corrected chi connectivity index (χ1v) is 5.41. The van der Waals surface area contributed by atoms with Gasteiger partial charge < -0.3 is 10.0 Å². The molecular weight excluding hydrogens is 214 g/mol. The Morgan fingerprint density at radius 2 is 2.13 bits per heavy atom. The van der Waals surface area contributed by atoms with Crippen LogP contribution in [0.2, 0.25) is 5.15 Å². The van der Waals surface area contributed by atoms with Crippen molar-refractivity contribution in [2.75, 3.05) is 25.1 Å². The van der Waals surface area contributed by atoms with Crippen molar-refractivity contribution in [1.82, 2.24) is 9.97 Å². The van der Waals surface area contributed by atoms with Gasteiger partial charge >= 0.3 is 0 Å². The van der Waals surface area contributed by atoms with Crippen LogP contribution >= 0.6 is 11.6 Å². The monoisotopic (exact) mass is 229 g/mol. The second kappa shape index (κ2) is 6.58. The number of unbranched alkanes of at least 4 members (excludes halogenated alkanes) is 2. The van der Waals surface area contributed by atoms with Crippen molar-refractivity contribution in [3.05, 3.63) is 17.5 Å². The summed E-state index contributed by atoms with van der Waals surface area (Å²) in [6.07, 6.45) is 4.39. The minimum atomic E-state index is 0.267. The molecule has 0 saturated heterocycles. The van der Waals surface area contributed by atoms with Crippen LogP contribution < -0.4 is 4.90 Å². The molecule has 0 amide bonds. The van der Waals surface area contributed by atoms with Crippen molar-refractivity contribution in [3.8, 4) is 0 Å². The number of hydrogen-bond donors (Lipinski definition) is 1. The zero-order valence-corrected chi connectivity index (χ0v) is 9.61. The SMILES string of the molecule is CN(CCCCCO)c1cc(Cl)ncn1. The summed E-state index contributed by atoms with van der Waals surface area (Å²) < 4.78 is 0. The summed E-state index contributed by atoms with van der Waals surface area (Å²) in [5, 5.41) is 9.09. The molecule has 0 bridgehead atoms. The van der Waals surface area contributed by atoms with Crippen molar-refractivity contribution < 1.29 is 5.11 Å². The first kappa shape index (κ1) is 12.2. The fraction of sp³-hybridized carbons (Fsp3) is 0.600. The highest BCUT2D eigenvalue weighted by Gasteiger charge is 2.02. The third-order valence-electron chi connectivity index (χ3n) is 2.16. The van der Waals surface area contributed by atoms with Crippen LogP contribution in [0.1, 0.15) is 19.3 Å². The molecule has 0 aliphatic rings. The molecule has 5 heteroatoms. The molecule has 0 aliphatic heterocycles. The van der Waals surface area contributed by atoms with Crippen molar-refractivity contribution in [2.24, 2.45) is 0 Å². The van der Waals surface area contributed by atoms with Crippen molar-refractivity contribution >= 4 is 17.4 Å².